The molecule has 2 aromatic heterocycles. The van der Waals surface area contributed by atoms with Crippen LogP contribution in [0.25, 0.3) is 0 Å². The van der Waals surface area contributed by atoms with Crippen LogP contribution in [-0.4, -0.2) is 32.8 Å². The Bertz CT molecular complexity index is 696. The fourth-order valence-corrected chi connectivity index (χ4v) is 2.98. The summed E-state index contributed by atoms with van der Waals surface area (Å²) in [5.74, 6) is 1.64. The van der Waals surface area contributed by atoms with Gasteiger partial charge in [-0.1, -0.05) is 0 Å². The summed E-state index contributed by atoms with van der Waals surface area (Å²) in [4.78, 5) is 11.4. The van der Waals surface area contributed by atoms with Gasteiger partial charge in [-0.3, -0.25) is 9.67 Å². The molecule has 0 spiro atoms. The van der Waals surface area contributed by atoms with Gasteiger partial charge < -0.3 is 4.90 Å². The minimum Gasteiger partial charge on any atom is -0.353 e. The van der Waals surface area contributed by atoms with Gasteiger partial charge in [0.25, 0.3) is 0 Å². The van der Waals surface area contributed by atoms with Gasteiger partial charge in [-0.15, -0.1) is 0 Å². The molecule has 2 aliphatic rings. The number of hydrogen-bond acceptors (Lipinski definition) is 5. The summed E-state index contributed by atoms with van der Waals surface area (Å²) in [6.45, 7) is 1.84. The molecule has 0 amide bonds. The van der Waals surface area contributed by atoms with Gasteiger partial charge in [-0.05, 0) is 19.3 Å². The van der Waals surface area contributed by atoms with Gasteiger partial charge in [0.05, 0.1) is 23.5 Å². The third-order valence-corrected chi connectivity index (χ3v) is 4.24. The molecular weight excluding hydrogens is 264 g/mol. The average Bonchev–Trinajstić information content (AvgIpc) is 3.07. The lowest BCUT2D eigenvalue weighted by molar-refractivity contribution is 0.494. The van der Waals surface area contributed by atoms with E-state index in [1.165, 1.54) is 12.8 Å². The Kier molecular flexibility index (Phi) is 2.85. The minimum absolute atomic E-state index is 0.307. The zero-order valence-electron chi connectivity index (χ0n) is 11.7. The fraction of sp³-hybridized carbons (Fsp3) is 0.467. The molecule has 0 aromatic carbocycles. The van der Waals surface area contributed by atoms with E-state index in [1.807, 2.05) is 10.9 Å². The molecular formula is C15H16N6. The zero-order chi connectivity index (χ0) is 14.2. The second-order valence-corrected chi connectivity index (χ2v) is 5.75. The van der Waals surface area contributed by atoms with Gasteiger partial charge in [0, 0.05) is 37.6 Å². The van der Waals surface area contributed by atoms with Crippen molar-refractivity contribution in [3.05, 3.63) is 36.0 Å². The lowest BCUT2D eigenvalue weighted by Crippen LogP contribution is -2.23. The molecule has 0 N–H and O–H groups in total. The lowest BCUT2D eigenvalue weighted by Gasteiger charge is -2.19. The van der Waals surface area contributed by atoms with Crippen molar-refractivity contribution in [3.8, 4) is 6.07 Å². The molecule has 6 heteroatoms. The quantitative estimate of drug-likeness (QED) is 0.858. The predicted octanol–water partition coefficient (Wildman–Crippen LogP) is 1.87. The Morgan fingerprint density at radius 1 is 1.19 bits per heavy atom. The van der Waals surface area contributed by atoms with E-state index >= 15 is 0 Å². The summed E-state index contributed by atoms with van der Waals surface area (Å²) in [5, 5.41) is 13.2. The van der Waals surface area contributed by atoms with Crippen LogP contribution in [0.2, 0.25) is 0 Å². The molecule has 1 unspecified atom stereocenters. The first-order chi connectivity index (χ1) is 10.3. The SMILES string of the molecule is N#Cc1cnn(C2CCN(c3nccnc3C3CC3)C2)c1. The molecule has 0 bridgehead atoms. The molecule has 6 nitrogen and oxygen atoms in total. The normalized spacial score (nSPS) is 21.5. The molecule has 1 saturated carbocycles. The zero-order valence-corrected chi connectivity index (χ0v) is 11.7. The van der Waals surface area contributed by atoms with Crippen molar-refractivity contribution in [2.45, 2.75) is 31.2 Å². The minimum atomic E-state index is 0.307. The van der Waals surface area contributed by atoms with E-state index < -0.39 is 0 Å². The van der Waals surface area contributed by atoms with Gasteiger partial charge in [0.1, 0.15) is 6.07 Å². The summed E-state index contributed by atoms with van der Waals surface area (Å²) in [6.07, 6.45) is 10.5. The molecule has 2 aromatic rings. The predicted molar refractivity (Wildman–Crippen MR) is 76.8 cm³/mol. The Hall–Kier alpha value is -2.42. The summed E-state index contributed by atoms with van der Waals surface area (Å²) >= 11 is 0. The van der Waals surface area contributed by atoms with Crippen molar-refractivity contribution in [3.63, 3.8) is 0 Å². The number of hydrogen-bond donors (Lipinski definition) is 0. The highest BCUT2D eigenvalue weighted by molar-refractivity contribution is 5.47. The van der Waals surface area contributed by atoms with Gasteiger partial charge in [-0.2, -0.15) is 10.4 Å². The van der Waals surface area contributed by atoms with Crippen molar-refractivity contribution in [1.82, 2.24) is 19.7 Å². The summed E-state index contributed by atoms with van der Waals surface area (Å²) in [6, 6.07) is 2.43. The van der Waals surface area contributed by atoms with E-state index in [4.69, 9.17) is 5.26 Å². The average molecular weight is 280 g/mol. The smallest absolute Gasteiger partial charge is 0.150 e. The number of rotatable bonds is 3. The maximum Gasteiger partial charge on any atom is 0.150 e. The lowest BCUT2D eigenvalue weighted by atomic mass is 10.2. The van der Waals surface area contributed by atoms with E-state index in [2.05, 4.69) is 26.0 Å². The van der Waals surface area contributed by atoms with Gasteiger partial charge in [0.15, 0.2) is 5.82 Å². The standard InChI is InChI=1S/C15H16N6/c16-7-11-8-19-21(9-11)13-3-6-20(10-13)15-14(12-1-2-12)17-4-5-18-15/h4-5,8-9,12-13H,1-3,6,10H2. The van der Waals surface area contributed by atoms with Crippen molar-refractivity contribution in [1.29, 1.82) is 5.26 Å². The van der Waals surface area contributed by atoms with E-state index in [0.717, 1.165) is 31.0 Å². The Labute approximate surface area is 123 Å². The molecule has 1 atom stereocenters. The van der Waals surface area contributed by atoms with Crippen LogP contribution >= 0.6 is 0 Å². The first-order valence-corrected chi connectivity index (χ1v) is 7.35. The first kappa shape index (κ1) is 12.3. The molecule has 2 fully saturated rings. The highest BCUT2D eigenvalue weighted by atomic mass is 15.3. The van der Waals surface area contributed by atoms with Crippen molar-refractivity contribution in [2.75, 3.05) is 18.0 Å². The summed E-state index contributed by atoms with van der Waals surface area (Å²) in [5.41, 5.74) is 1.77. The van der Waals surface area contributed by atoms with Crippen molar-refractivity contribution < 1.29 is 0 Å². The largest absolute Gasteiger partial charge is 0.353 e. The van der Waals surface area contributed by atoms with Crippen LogP contribution in [0.15, 0.2) is 24.8 Å². The molecule has 106 valence electrons. The molecule has 4 rings (SSSR count). The summed E-state index contributed by atoms with van der Waals surface area (Å²) in [7, 11) is 0. The number of nitriles is 1. The maximum atomic E-state index is 8.90. The second kappa shape index (κ2) is 4.85. The third-order valence-electron chi connectivity index (χ3n) is 4.24. The van der Waals surface area contributed by atoms with E-state index in [-0.39, 0.29) is 0 Å². The fourth-order valence-electron chi connectivity index (χ4n) is 2.98. The molecule has 1 aliphatic heterocycles. The van der Waals surface area contributed by atoms with Crippen LogP contribution in [0.5, 0.6) is 0 Å². The van der Waals surface area contributed by atoms with Crippen LogP contribution in [0, 0.1) is 11.3 Å². The molecule has 3 heterocycles. The highest BCUT2D eigenvalue weighted by Gasteiger charge is 2.33. The van der Waals surface area contributed by atoms with Gasteiger partial charge in [0.2, 0.25) is 0 Å². The van der Waals surface area contributed by atoms with E-state index in [0.29, 0.717) is 17.5 Å². The van der Waals surface area contributed by atoms with Crippen LogP contribution in [0.3, 0.4) is 0 Å². The number of anilines is 1. The second-order valence-electron chi connectivity index (χ2n) is 5.75. The van der Waals surface area contributed by atoms with Gasteiger partial charge in [-0.25, -0.2) is 4.98 Å². The van der Waals surface area contributed by atoms with Crippen LogP contribution in [0.4, 0.5) is 5.82 Å². The Morgan fingerprint density at radius 2 is 2.05 bits per heavy atom. The third kappa shape index (κ3) is 2.25. The maximum absolute atomic E-state index is 8.90. The first-order valence-electron chi connectivity index (χ1n) is 7.35. The number of nitrogens with zero attached hydrogens (tertiary/aromatic N) is 6. The van der Waals surface area contributed by atoms with Crippen LogP contribution in [-0.2, 0) is 0 Å². The van der Waals surface area contributed by atoms with E-state index in [9.17, 15) is 0 Å². The Balaban J connectivity index is 1.55. The van der Waals surface area contributed by atoms with Crippen LogP contribution < -0.4 is 4.90 Å². The van der Waals surface area contributed by atoms with Crippen molar-refractivity contribution >= 4 is 5.82 Å². The van der Waals surface area contributed by atoms with Gasteiger partial charge >= 0.3 is 0 Å². The number of aromatic nitrogens is 4. The van der Waals surface area contributed by atoms with Crippen LogP contribution in [0.1, 0.15) is 42.5 Å². The topological polar surface area (TPSA) is 70.6 Å². The molecule has 21 heavy (non-hydrogen) atoms. The molecule has 0 radical (unpaired) electrons. The summed E-state index contributed by atoms with van der Waals surface area (Å²) < 4.78 is 1.91. The monoisotopic (exact) mass is 280 g/mol. The molecule has 1 saturated heterocycles. The van der Waals surface area contributed by atoms with Crippen molar-refractivity contribution in [2.24, 2.45) is 0 Å². The Morgan fingerprint density at radius 3 is 2.81 bits per heavy atom. The molecule has 1 aliphatic carbocycles. The highest BCUT2D eigenvalue weighted by Crippen LogP contribution is 2.43. The van der Waals surface area contributed by atoms with E-state index in [1.54, 1.807) is 18.6 Å².